The lowest BCUT2D eigenvalue weighted by atomic mass is 9.90. The first kappa shape index (κ1) is 34.7. The molecule has 0 spiro atoms. The number of carbonyl (C=O) groups excluding carboxylic acids is 3. The highest BCUT2D eigenvalue weighted by atomic mass is 35.5. The topological polar surface area (TPSA) is 96.2 Å². The van der Waals surface area contributed by atoms with Gasteiger partial charge in [-0.25, -0.2) is 4.39 Å². The molecule has 0 radical (unpaired) electrons. The second-order valence-corrected chi connectivity index (χ2v) is 13.2. The van der Waals surface area contributed by atoms with Crippen LogP contribution in [-0.4, -0.2) is 73.4 Å². The number of rotatable bonds is 12. The lowest BCUT2D eigenvalue weighted by molar-refractivity contribution is -0.136. The van der Waals surface area contributed by atoms with Crippen molar-refractivity contribution in [1.29, 1.82) is 0 Å². The summed E-state index contributed by atoms with van der Waals surface area (Å²) in [6.45, 7) is 4.05. The van der Waals surface area contributed by atoms with Gasteiger partial charge in [-0.05, 0) is 112 Å². The fourth-order valence-corrected chi connectivity index (χ4v) is 6.76. The summed E-state index contributed by atoms with van der Waals surface area (Å²) in [4.78, 5) is 44.5. The van der Waals surface area contributed by atoms with E-state index in [0.717, 1.165) is 45.3 Å². The van der Waals surface area contributed by atoms with Crippen LogP contribution in [0.15, 0.2) is 66.7 Å². The molecule has 0 saturated carbocycles. The average Bonchev–Trinajstić information content (AvgIpc) is 3.08. The molecule has 2 heterocycles. The van der Waals surface area contributed by atoms with Crippen LogP contribution in [-0.2, 0) is 16.0 Å². The van der Waals surface area contributed by atoms with E-state index in [1.54, 1.807) is 41.3 Å². The number of carbonyl (C=O) groups is 3. The standard InChI is InChI=1S/C36H41Cl2FN4O4/c37-31-11-10-29(23-32(31)38)43(17-3-16-41-18-12-26(13-19-41)22-25-6-8-28(39)9-7-25)36(46)27-14-20-42(21-15-27)34(44)24-47-33-5-2-1-4-30(33)35(40)45/h1-2,4-11,23,26-27H,3,12-22,24H2,(H2,40,45). The molecule has 5 rings (SSSR count). The third-order valence-corrected chi connectivity index (χ3v) is 9.92. The molecule has 0 aliphatic carbocycles. The largest absolute Gasteiger partial charge is 0.483 e. The van der Waals surface area contributed by atoms with Crippen LogP contribution in [0.25, 0.3) is 0 Å². The van der Waals surface area contributed by atoms with Gasteiger partial charge in [0.05, 0.1) is 15.6 Å². The number of para-hydroxylation sites is 1. The number of anilines is 1. The number of nitrogens with two attached hydrogens (primary N) is 1. The number of piperidine rings is 2. The molecule has 2 fully saturated rings. The van der Waals surface area contributed by atoms with Crippen LogP contribution in [0.2, 0.25) is 10.0 Å². The van der Waals surface area contributed by atoms with Gasteiger partial charge in [0.25, 0.3) is 11.8 Å². The van der Waals surface area contributed by atoms with Crippen molar-refractivity contribution in [2.24, 2.45) is 17.6 Å². The van der Waals surface area contributed by atoms with E-state index in [1.807, 2.05) is 23.1 Å². The minimum atomic E-state index is -0.623. The van der Waals surface area contributed by atoms with Crippen LogP contribution in [0, 0.1) is 17.7 Å². The molecule has 0 aromatic heterocycles. The molecule has 2 N–H and O–H groups in total. The summed E-state index contributed by atoms with van der Waals surface area (Å²) in [5.74, 6) is -0.414. The number of hydrogen-bond acceptors (Lipinski definition) is 5. The highest BCUT2D eigenvalue weighted by molar-refractivity contribution is 6.42. The van der Waals surface area contributed by atoms with E-state index in [1.165, 1.54) is 17.7 Å². The summed E-state index contributed by atoms with van der Waals surface area (Å²) in [6, 6.07) is 18.6. The molecule has 8 nitrogen and oxygen atoms in total. The van der Waals surface area contributed by atoms with Gasteiger partial charge in [-0.2, -0.15) is 0 Å². The highest BCUT2D eigenvalue weighted by Gasteiger charge is 2.31. The quantitative estimate of drug-likeness (QED) is 0.245. The fraction of sp³-hybridized carbons (Fsp3) is 0.417. The van der Waals surface area contributed by atoms with Gasteiger partial charge in [0.1, 0.15) is 11.6 Å². The van der Waals surface area contributed by atoms with E-state index >= 15 is 0 Å². The Balaban J connectivity index is 1.12. The molecule has 2 aliphatic heterocycles. The van der Waals surface area contributed by atoms with Crippen molar-refractivity contribution in [2.45, 2.75) is 38.5 Å². The normalized spacial score (nSPS) is 16.2. The Kier molecular flexibility index (Phi) is 12.1. The summed E-state index contributed by atoms with van der Waals surface area (Å²) in [5, 5.41) is 0.822. The number of amides is 3. The van der Waals surface area contributed by atoms with E-state index in [-0.39, 0.29) is 41.5 Å². The van der Waals surface area contributed by atoms with Crippen molar-refractivity contribution in [1.82, 2.24) is 9.80 Å². The third-order valence-electron chi connectivity index (χ3n) is 9.18. The summed E-state index contributed by atoms with van der Waals surface area (Å²) < 4.78 is 18.9. The van der Waals surface area contributed by atoms with Crippen molar-refractivity contribution in [2.75, 3.05) is 50.8 Å². The number of primary amides is 1. The Morgan fingerprint density at radius 3 is 2.28 bits per heavy atom. The first-order chi connectivity index (χ1) is 22.7. The van der Waals surface area contributed by atoms with E-state index in [2.05, 4.69) is 4.90 Å². The predicted molar refractivity (Wildman–Crippen MR) is 182 cm³/mol. The Bertz CT molecular complexity index is 1540. The molecular formula is C36H41Cl2FN4O4. The molecule has 3 aromatic carbocycles. The molecule has 2 saturated heterocycles. The van der Waals surface area contributed by atoms with Gasteiger partial charge in [0.15, 0.2) is 6.61 Å². The van der Waals surface area contributed by atoms with Crippen LogP contribution in [0.3, 0.4) is 0 Å². The number of likely N-dealkylation sites (tertiary alicyclic amines) is 2. The summed E-state index contributed by atoms with van der Waals surface area (Å²) >= 11 is 12.6. The van der Waals surface area contributed by atoms with Crippen molar-refractivity contribution in [3.8, 4) is 5.75 Å². The number of halogens is 3. The SMILES string of the molecule is NC(=O)c1ccccc1OCC(=O)N1CCC(C(=O)N(CCCN2CCC(Cc3ccc(F)cc3)CC2)c2ccc(Cl)c(Cl)c2)CC1. The maximum atomic E-state index is 13.9. The second kappa shape index (κ2) is 16.4. The van der Waals surface area contributed by atoms with Crippen LogP contribution >= 0.6 is 23.2 Å². The smallest absolute Gasteiger partial charge is 0.260 e. The number of benzene rings is 3. The molecule has 3 aromatic rings. The molecule has 250 valence electrons. The lowest BCUT2D eigenvalue weighted by Crippen LogP contribution is -2.46. The molecule has 47 heavy (non-hydrogen) atoms. The van der Waals surface area contributed by atoms with E-state index in [9.17, 15) is 18.8 Å². The zero-order valence-corrected chi connectivity index (χ0v) is 27.9. The first-order valence-corrected chi connectivity index (χ1v) is 17.0. The minimum Gasteiger partial charge on any atom is -0.483 e. The van der Waals surface area contributed by atoms with Crippen LogP contribution in [0.4, 0.5) is 10.1 Å². The van der Waals surface area contributed by atoms with Gasteiger partial charge < -0.3 is 25.2 Å². The molecule has 0 bridgehead atoms. The van der Waals surface area contributed by atoms with Crippen LogP contribution in [0.5, 0.6) is 5.75 Å². The average molecular weight is 684 g/mol. The number of ether oxygens (including phenoxy) is 1. The maximum absolute atomic E-state index is 13.9. The summed E-state index contributed by atoms with van der Waals surface area (Å²) in [6.07, 6.45) is 5.01. The Morgan fingerprint density at radius 1 is 0.894 bits per heavy atom. The number of nitrogens with zero attached hydrogens (tertiary/aromatic N) is 3. The van der Waals surface area contributed by atoms with Crippen molar-refractivity contribution in [3.63, 3.8) is 0 Å². The zero-order valence-electron chi connectivity index (χ0n) is 26.4. The van der Waals surface area contributed by atoms with Gasteiger partial charge in [-0.15, -0.1) is 0 Å². The monoisotopic (exact) mass is 682 g/mol. The number of hydrogen-bond donors (Lipinski definition) is 1. The van der Waals surface area contributed by atoms with Crippen LogP contribution < -0.4 is 15.4 Å². The third kappa shape index (κ3) is 9.46. The van der Waals surface area contributed by atoms with E-state index in [0.29, 0.717) is 54.1 Å². The second-order valence-electron chi connectivity index (χ2n) is 12.4. The van der Waals surface area contributed by atoms with Gasteiger partial charge in [0, 0.05) is 31.2 Å². The first-order valence-electron chi connectivity index (χ1n) is 16.2. The minimum absolute atomic E-state index is 0.0140. The van der Waals surface area contributed by atoms with Gasteiger partial charge in [-0.3, -0.25) is 14.4 Å². The Labute approximate surface area is 285 Å². The van der Waals surface area contributed by atoms with Crippen molar-refractivity contribution < 1.29 is 23.5 Å². The van der Waals surface area contributed by atoms with Crippen LogP contribution in [0.1, 0.15) is 48.0 Å². The Morgan fingerprint density at radius 2 is 1.60 bits per heavy atom. The van der Waals surface area contributed by atoms with Crippen molar-refractivity contribution in [3.05, 3.63) is 93.7 Å². The Hall–Kier alpha value is -3.66. The van der Waals surface area contributed by atoms with Gasteiger partial charge in [-0.1, -0.05) is 47.5 Å². The maximum Gasteiger partial charge on any atom is 0.260 e. The molecule has 0 atom stereocenters. The molecular weight excluding hydrogens is 642 g/mol. The molecule has 0 unspecified atom stereocenters. The molecule has 3 amide bonds. The highest BCUT2D eigenvalue weighted by Crippen LogP contribution is 2.30. The zero-order chi connectivity index (χ0) is 33.3. The van der Waals surface area contributed by atoms with Crippen molar-refractivity contribution >= 4 is 46.6 Å². The van der Waals surface area contributed by atoms with Gasteiger partial charge in [0.2, 0.25) is 5.91 Å². The van der Waals surface area contributed by atoms with Gasteiger partial charge >= 0.3 is 0 Å². The van der Waals surface area contributed by atoms with E-state index in [4.69, 9.17) is 33.7 Å². The molecule has 2 aliphatic rings. The fourth-order valence-electron chi connectivity index (χ4n) is 6.46. The summed E-state index contributed by atoms with van der Waals surface area (Å²) in [5.41, 5.74) is 7.52. The summed E-state index contributed by atoms with van der Waals surface area (Å²) in [7, 11) is 0. The lowest BCUT2D eigenvalue weighted by Gasteiger charge is -2.35. The van der Waals surface area contributed by atoms with E-state index < -0.39 is 5.91 Å². The predicted octanol–water partition coefficient (Wildman–Crippen LogP) is 6.23. The molecule has 11 heteroatoms.